The van der Waals surface area contributed by atoms with Crippen LogP contribution in [0.5, 0.6) is 5.88 Å². The molecule has 1 aromatic rings. The van der Waals surface area contributed by atoms with Crippen LogP contribution in [0.1, 0.15) is 46.3 Å². The van der Waals surface area contributed by atoms with E-state index in [-0.39, 0.29) is 29.5 Å². The van der Waals surface area contributed by atoms with Crippen LogP contribution in [0.15, 0.2) is 12.1 Å². The molecule has 2 aliphatic heterocycles. The Labute approximate surface area is 173 Å². The molecule has 3 heterocycles. The molecular formula is C20H32ClNO5Si. The number of ether oxygens (including phenoxy) is 4. The Kier molecular flexibility index (Phi) is 5.91. The van der Waals surface area contributed by atoms with Gasteiger partial charge in [0, 0.05) is 11.6 Å². The molecule has 4 atom stereocenters. The second-order valence-electron chi connectivity index (χ2n) is 9.46. The smallest absolute Gasteiger partial charge is 0.214 e. The van der Waals surface area contributed by atoms with E-state index in [0.717, 1.165) is 5.56 Å². The van der Waals surface area contributed by atoms with Crippen LogP contribution in [0.2, 0.25) is 23.3 Å². The van der Waals surface area contributed by atoms with Gasteiger partial charge in [0.15, 0.2) is 14.1 Å². The largest absolute Gasteiger partial charge is 0.481 e. The zero-order valence-electron chi connectivity index (χ0n) is 18.0. The van der Waals surface area contributed by atoms with Gasteiger partial charge < -0.3 is 23.4 Å². The number of hydrogen-bond donors (Lipinski definition) is 0. The highest BCUT2D eigenvalue weighted by Crippen LogP contribution is 2.47. The molecule has 0 bridgehead atoms. The van der Waals surface area contributed by atoms with Gasteiger partial charge in [-0.05, 0) is 38.0 Å². The average molecular weight is 430 g/mol. The number of nitrogens with zero attached hydrogens (tertiary/aromatic N) is 1. The Morgan fingerprint density at radius 2 is 1.82 bits per heavy atom. The Hall–Kier alpha value is -0.703. The SMILES string of the molecule is COc1ccc(C2O[C@H](CO[Si](C)(C)C(C)(C)C)[C@H]3OC(C)(C)O[C@@H]23)c(Cl)n1. The molecule has 2 saturated heterocycles. The first-order valence-corrected chi connectivity index (χ1v) is 13.0. The number of methoxy groups -OCH3 is 1. The summed E-state index contributed by atoms with van der Waals surface area (Å²) in [7, 11) is -0.347. The van der Waals surface area contributed by atoms with Crippen molar-refractivity contribution in [1.29, 1.82) is 0 Å². The third kappa shape index (κ3) is 4.25. The summed E-state index contributed by atoms with van der Waals surface area (Å²) in [5.74, 6) is -0.219. The normalized spacial score (nSPS) is 29.8. The van der Waals surface area contributed by atoms with E-state index in [1.54, 1.807) is 13.2 Å². The minimum Gasteiger partial charge on any atom is -0.481 e. The molecule has 0 saturated carbocycles. The van der Waals surface area contributed by atoms with Gasteiger partial charge in [-0.3, -0.25) is 0 Å². The summed E-state index contributed by atoms with van der Waals surface area (Å²) in [5.41, 5.74) is 0.772. The van der Waals surface area contributed by atoms with Gasteiger partial charge in [-0.2, -0.15) is 0 Å². The molecule has 0 spiro atoms. The Balaban J connectivity index is 1.82. The number of rotatable bonds is 5. The van der Waals surface area contributed by atoms with Crippen molar-refractivity contribution < 1.29 is 23.4 Å². The van der Waals surface area contributed by atoms with Crippen LogP contribution >= 0.6 is 11.6 Å². The highest BCUT2D eigenvalue weighted by molar-refractivity contribution is 6.74. The summed E-state index contributed by atoms with van der Waals surface area (Å²) < 4.78 is 30.3. The standard InChI is InChI=1S/C20H32ClNO5Si/c1-19(2,3)28(7,8)24-11-13-16-17(27-20(4,5)26-16)15(25-13)12-9-10-14(23-6)22-18(12)21/h9-10,13,15-17H,11H2,1-8H3/t13-,15?,16-,17+/m1/s1. The summed E-state index contributed by atoms with van der Waals surface area (Å²) >= 11 is 6.42. The van der Waals surface area contributed by atoms with Gasteiger partial charge in [0.2, 0.25) is 5.88 Å². The van der Waals surface area contributed by atoms with Gasteiger partial charge in [0.25, 0.3) is 0 Å². The number of fused-ring (bicyclic) bond motifs is 1. The number of pyridine rings is 1. The fourth-order valence-electron chi connectivity index (χ4n) is 3.33. The minimum atomic E-state index is -1.91. The summed E-state index contributed by atoms with van der Waals surface area (Å²) in [6.07, 6.45) is -1.09. The quantitative estimate of drug-likeness (QED) is 0.498. The molecule has 158 valence electrons. The van der Waals surface area contributed by atoms with Crippen molar-refractivity contribution in [3.8, 4) is 5.88 Å². The van der Waals surface area contributed by atoms with E-state index in [2.05, 4.69) is 38.8 Å². The van der Waals surface area contributed by atoms with Crippen LogP contribution < -0.4 is 4.74 Å². The Bertz CT molecular complexity index is 721. The van der Waals surface area contributed by atoms with Crippen molar-refractivity contribution in [2.45, 2.75) is 83.0 Å². The molecule has 0 aliphatic carbocycles. The van der Waals surface area contributed by atoms with Crippen molar-refractivity contribution >= 4 is 19.9 Å². The van der Waals surface area contributed by atoms with E-state index in [1.165, 1.54) is 0 Å². The second-order valence-corrected chi connectivity index (χ2v) is 14.6. The van der Waals surface area contributed by atoms with Gasteiger partial charge in [-0.25, -0.2) is 4.98 Å². The highest BCUT2D eigenvalue weighted by Gasteiger charge is 2.56. The Morgan fingerprint density at radius 3 is 2.39 bits per heavy atom. The Morgan fingerprint density at radius 1 is 1.18 bits per heavy atom. The van der Waals surface area contributed by atoms with Crippen molar-refractivity contribution in [1.82, 2.24) is 4.98 Å². The van der Waals surface area contributed by atoms with Crippen molar-refractivity contribution in [3.63, 3.8) is 0 Å². The third-order valence-corrected chi connectivity index (χ3v) is 10.7. The maximum atomic E-state index is 6.42. The van der Waals surface area contributed by atoms with E-state index in [4.69, 9.17) is 35.0 Å². The predicted molar refractivity (Wildman–Crippen MR) is 110 cm³/mol. The van der Waals surface area contributed by atoms with E-state index in [9.17, 15) is 0 Å². The van der Waals surface area contributed by atoms with Crippen LogP contribution in [0.3, 0.4) is 0 Å². The van der Waals surface area contributed by atoms with Crippen molar-refractivity contribution in [3.05, 3.63) is 22.8 Å². The summed E-state index contributed by atoms with van der Waals surface area (Å²) in [6.45, 7) is 15.4. The fourth-order valence-corrected chi connectivity index (χ4v) is 4.60. The highest BCUT2D eigenvalue weighted by atomic mass is 35.5. The second kappa shape index (κ2) is 7.52. The van der Waals surface area contributed by atoms with E-state index >= 15 is 0 Å². The van der Waals surface area contributed by atoms with E-state index in [1.807, 2.05) is 19.9 Å². The number of aromatic nitrogens is 1. The van der Waals surface area contributed by atoms with Crippen LogP contribution in [-0.2, 0) is 18.6 Å². The maximum Gasteiger partial charge on any atom is 0.214 e. The molecule has 6 nitrogen and oxygen atoms in total. The molecule has 2 fully saturated rings. The lowest BCUT2D eigenvalue weighted by molar-refractivity contribution is -0.190. The lowest BCUT2D eigenvalue weighted by Gasteiger charge is -2.37. The van der Waals surface area contributed by atoms with Crippen LogP contribution in [0.4, 0.5) is 0 Å². The predicted octanol–water partition coefficient (Wildman–Crippen LogP) is 4.73. The van der Waals surface area contributed by atoms with E-state index < -0.39 is 14.1 Å². The van der Waals surface area contributed by atoms with Gasteiger partial charge in [-0.15, -0.1) is 0 Å². The zero-order chi connectivity index (χ0) is 20.9. The fraction of sp³-hybridized carbons (Fsp3) is 0.750. The van der Waals surface area contributed by atoms with Gasteiger partial charge in [-0.1, -0.05) is 32.4 Å². The molecule has 8 heteroatoms. The van der Waals surface area contributed by atoms with Gasteiger partial charge in [0.1, 0.15) is 29.6 Å². The molecule has 28 heavy (non-hydrogen) atoms. The minimum absolute atomic E-state index is 0.125. The van der Waals surface area contributed by atoms with Crippen molar-refractivity contribution in [2.24, 2.45) is 0 Å². The van der Waals surface area contributed by atoms with Crippen molar-refractivity contribution in [2.75, 3.05) is 13.7 Å². The molecule has 0 aromatic carbocycles. The maximum absolute atomic E-state index is 6.42. The number of hydrogen-bond acceptors (Lipinski definition) is 6. The molecule has 1 aromatic heterocycles. The van der Waals surface area contributed by atoms with Crippen LogP contribution in [0.25, 0.3) is 0 Å². The van der Waals surface area contributed by atoms with Crippen LogP contribution in [0, 0.1) is 0 Å². The summed E-state index contributed by atoms with van der Waals surface area (Å²) in [5, 5.41) is 0.474. The summed E-state index contributed by atoms with van der Waals surface area (Å²) in [6, 6.07) is 3.65. The first-order valence-electron chi connectivity index (χ1n) is 9.70. The first kappa shape index (κ1) is 22.0. The topological polar surface area (TPSA) is 59.0 Å². The lowest BCUT2D eigenvalue weighted by atomic mass is 10.0. The molecule has 3 rings (SSSR count). The molecular weight excluding hydrogens is 398 g/mol. The molecule has 0 amide bonds. The average Bonchev–Trinajstić information content (AvgIpc) is 3.05. The van der Waals surface area contributed by atoms with Crippen LogP contribution in [-0.4, -0.2) is 51.1 Å². The molecule has 2 aliphatic rings. The first-order chi connectivity index (χ1) is 12.8. The number of halogens is 1. The molecule has 1 unspecified atom stereocenters. The van der Waals surface area contributed by atoms with Gasteiger partial charge >= 0.3 is 0 Å². The third-order valence-electron chi connectivity index (χ3n) is 5.93. The van der Waals surface area contributed by atoms with E-state index in [0.29, 0.717) is 17.6 Å². The summed E-state index contributed by atoms with van der Waals surface area (Å²) in [4.78, 5) is 4.27. The molecule has 0 radical (unpaired) electrons. The monoisotopic (exact) mass is 429 g/mol. The zero-order valence-corrected chi connectivity index (χ0v) is 19.8. The van der Waals surface area contributed by atoms with Gasteiger partial charge in [0.05, 0.1) is 13.7 Å². The lowest BCUT2D eigenvalue weighted by Crippen LogP contribution is -2.44. The molecule has 0 N–H and O–H groups in total.